The van der Waals surface area contributed by atoms with Gasteiger partial charge in [0.2, 0.25) is 0 Å². The van der Waals surface area contributed by atoms with E-state index < -0.39 is 11.8 Å². The molecule has 20 heavy (non-hydrogen) atoms. The van der Waals surface area contributed by atoms with Crippen molar-refractivity contribution in [2.24, 2.45) is 17.4 Å². The summed E-state index contributed by atoms with van der Waals surface area (Å²) >= 11 is 1.16. The molecule has 0 radical (unpaired) electrons. The van der Waals surface area contributed by atoms with Crippen molar-refractivity contribution < 1.29 is 9.59 Å². The van der Waals surface area contributed by atoms with Crippen LogP contribution in [0.3, 0.4) is 0 Å². The minimum atomic E-state index is -0.621. The number of thiophene rings is 1. The summed E-state index contributed by atoms with van der Waals surface area (Å²) in [6, 6.07) is 0. The fourth-order valence-electron chi connectivity index (χ4n) is 2.62. The van der Waals surface area contributed by atoms with Gasteiger partial charge in [0.25, 0.3) is 11.8 Å². The van der Waals surface area contributed by atoms with Gasteiger partial charge in [-0.1, -0.05) is 13.3 Å². The summed E-state index contributed by atoms with van der Waals surface area (Å²) in [6.45, 7) is 3.87. The number of nitrogen functional groups attached to an aromatic ring is 1. The first-order chi connectivity index (χ1) is 9.45. The van der Waals surface area contributed by atoms with Crippen molar-refractivity contribution in [3.05, 3.63) is 10.4 Å². The molecule has 6 N–H and O–H groups in total. The Morgan fingerprint density at radius 1 is 1.25 bits per heavy atom. The number of rotatable bonds is 4. The largest absolute Gasteiger partial charge is 0.397 e. The number of piperidine rings is 1. The number of anilines is 2. The van der Waals surface area contributed by atoms with Gasteiger partial charge in [-0.2, -0.15) is 0 Å². The number of primary amides is 2. The number of nitrogens with two attached hydrogens (primary N) is 3. The van der Waals surface area contributed by atoms with E-state index in [2.05, 4.69) is 11.8 Å². The summed E-state index contributed by atoms with van der Waals surface area (Å²) in [7, 11) is 0. The minimum Gasteiger partial charge on any atom is -0.397 e. The number of hydrogen-bond acceptors (Lipinski definition) is 5. The van der Waals surface area contributed by atoms with Crippen LogP contribution < -0.4 is 22.1 Å². The topological polar surface area (TPSA) is 115 Å². The van der Waals surface area contributed by atoms with E-state index in [9.17, 15) is 9.59 Å². The predicted molar refractivity (Wildman–Crippen MR) is 81.0 cm³/mol. The van der Waals surface area contributed by atoms with Crippen molar-refractivity contribution in [3.63, 3.8) is 0 Å². The van der Waals surface area contributed by atoms with Gasteiger partial charge in [-0.15, -0.1) is 11.3 Å². The van der Waals surface area contributed by atoms with Crippen molar-refractivity contribution in [1.29, 1.82) is 0 Å². The van der Waals surface area contributed by atoms with Crippen LogP contribution in [0.15, 0.2) is 0 Å². The van der Waals surface area contributed by atoms with Gasteiger partial charge in [0.1, 0.15) is 9.88 Å². The Bertz CT molecular complexity index is 533. The van der Waals surface area contributed by atoms with Crippen molar-refractivity contribution in [2.45, 2.75) is 26.2 Å². The van der Waals surface area contributed by atoms with Crippen molar-refractivity contribution in [2.75, 3.05) is 23.7 Å². The molecular formula is C13H20N4O2S. The Kier molecular flexibility index (Phi) is 4.17. The van der Waals surface area contributed by atoms with Crippen LogP contribution in [0.4, 0.5) is 10.7 Å². The summed E-state index contributed by atoms with van der Waals surface area (Å²) in [5.41, 5.74) is 16.9. The molecular weight excluding hydrogens is 276 g/mol. The third-order valence-electron chi connectivity index (χ3n) is 3.88. The first-order valence-corrected chi connectivity index (χ1v) is 7.54. The lowest BCUT2D eigenvalue weighted by atomic mass is 9.94. The van der Waals surface area contributed by atoms with Crippen LogP contribution in [0.5, 0.6) is 0 Å². The van der Waals surface area contributed by atoms with Crippen LogP contribution in [-0.2, 0) is 0 Å². The van der Waals surface area contributed by atoms with E-state index in [1.165, 1.54) is 0 Å². The fourth-order valence-corrected chi connectivity index (χ4v) is 3.75. The first kappa shape index (κ1) is 14.6. The van der Waals surface area contributed by atoms with Crippen LogP contribution >= 0.6 is 11.3 Å². The number of hydrogen-bond donors (Lipinski definition) is 3. The van der Waals surface area contributed by atoms with Gasteiger partial charge in [-0.3, -0.25) is 9.59 Å². The van der Waals surface area contributed by atoms with Gasteiger partial charge >= 0.3 is 0 Å². The Hall–Kier alpha value is -1.76. The van der Waals surface area contributed by atoms with E-state index in [0.29, 0.717) is 5.00 Å². The van der Waals surface area contributed by atoms with Gasteiger partial charge in [-0.05, 0) is 18.8 Å². The summed E-state index contributed by atoms with van der Waals surface area (Å²) in [4.78, 5) is 25.3. The molecule has 1 aromatic rings. The highest BCUT2D eigenvalue weighted by atomic mass is 32.1. The zero-order chi connectivity index (χ0) is 14.9. The lowest BCUT2D eigenvalue weighted by Crippen LogP contribution is -2.34. The Labute approximate surface area is 121 Å². The molecule has 1 aliphatic rings. The molecule has 2 amide bonds. The minimum absolute atomic E-state index is 0.114. The van der Waals surface area contributed by atoms with E-state index >= 15 is 0 Å². The highest BCUT2D eigenvalue weighted by Gasteiger charge is 2.28. The lowest BCUT2D eigenvalue weighted by Gasteiger charge is -2.32. The molecule has 6 nitrogen and oxygen atoms in total. The summed E-state index contributed by atoms with van der Waals surface area (Å²) in [5.74, 6) is -0.514. The van der Waals surface area contributed by atoms with Gasteiger partial charge in [-0.25, -0.2) is 0 Å². The Balaban J connectivity index is 2.34. The quantitative estimate of drug-likeness (QED) is 0.773. The average molecular weight is 296 g/mol. The molecule has 1 fully saturated rings. The fraction of sp³-hybridized carbons (Fsp3) is 0.538. The highest BCUT2D eigenvalue weighted by molar-refractivity contribution is 7.19. The molecule has 7 heteroatoms. The molecule has 1 aromatic heterocycles. The molecule has 0 bridgehead atoms. The van der Waals surface area contributed by atoms with Crippen molar-refractivity contribution >= 4 is 33.8 Å². The van der Waals surface area contributed by atoms with Crippen LogP contribution in [0, 0.1) is 5.92 Å². The van der Waals surface area contributed by atoms with E-state index in [4.69, 9.17) is 17.2 Å². The zero-order valence-electron chi connectivity index (χ0n) is 11.5. The monoisotopic (exact) mass is 296 g/mol. The van der Waals surface area contributed by atoms with Gasteiger partial charge in [0.15, 0.2) is 0 Å². The molecule has 1 aliphatic heterocycles. The second kappa shape index (κ2) is 5.70. The molecule has 0 unspecified atom stereocenters. The molecule has 0 saturated carbocycles. The molecule has 0 aliphatic carbocycles. The molecule has 1 saturated heterocycles. The maximum absolute atomic E-state index is 11.6. The van der Waals surface area contributed by atoms with Crippen LogP contribution in [-0.4, -0.2) is 24.9 Å². The first-order valence-electron chi connectivity index (χ1n) is 6.72. The van der Waals surface area contributed by atoms with Crippen LogP contribution in [0.25, 0.3) is 0 Å². The zero-order valence-corrected chi connectivity index (χ0v) is 12.3. The standard InChI is InChI=1S/C13H20N4O2S/c1-2-7-3-5-17(6-4-7)13-8(11(15)18)9(14)10(20-13)12(16)19/h7H,2-6,14H2,1H3,(H2,15,18)(H2,16,19). The van der Waals surface area contributed by atoms with Gasteiger partial charge in [0.05, 0.1) is 11.3 Å². The molecule has 110 valence electrons. The summed E-state index contributed by atoms with van der Waals surface area (Å²) < 4.78 is 0. The number of amides is 2. The molecule has 2 rings (SSSR count). The van der Waals surface area contributed by atoms with Crippen molar-refractivity contribution in [3.8, 4) is 0 Å². The molecule has 2 heterocycles. The molecule has 0 atom stereocenters. The van der Waals surface area contributed by atoms with Gasteiger partial charge < -0.3 is 22.1 Å². The van der Waals surface area contributed by atoms with E-state index in [-0.39, 0.29) is 16.1 Å². The van der Waals surface area contributed by atoms with Crippen LogP contribution in [0.2, 0.25) is 0 Å². The maximum Gasteiger partial charge on any atom is 0.260 e. The third kappa shape index (κ3) is 2.58. The Morgan fingerprint density at radius 2 is 1.85 bits per heavy atom. The van der Waals surface area contributed by atoms with E-state index in [1.807, 2.05) is 0 Å². The number of carbonyl (C=O) groups excluding carboxylic acids is 2. The predicted octanol–water partition coefficient (Wildman–Crippen LogP) is 1.15. The summed E-state index contributed by atoms with van der Waals surface area (Å²) in [5, 5.41) is 0.679. The average Bonchev–Trinajstić information content (AvgIpc) is 2.76. The lowest BCUT2D eigenvalue weighted by molar-refractivity contribution is 0.0999. The van der Waals surface area contributed by atoms with E-state index in [0.717, 1.165) is 49.6 Å². The summed E-state index contributed by atoms with van der Waals surface area (Å²) in [6.07, 6.45) is 3.30. The van der Waals surface area contributed by atoms with Gasteiger partial charge in [0, 0.05) is 13.1 Å². The van der Waals surface area contributed by atoms with Crippen molar-refractivity contribution in [1.82, 2.24) is 0 Å². The SMILES string of the molecule is CCC1CCN(c2sc(C(N)=O)c(N)c2C(N)=O)CC1. The smallest absolute Gasteiger partial charge is 0.260 e. The van der Waals surface area contributed by atoms with Crippen LogP contribution in [0.1, 0.15) is 46.2 Å². The second-order valence-electron chi connectivity index (χ2n) is 5.09. The highest BCUT2D eigenvalue weighted by Crippen LogP contribution is 2.39. The molecule has 0 aromatic carbocycles. The third-order valence-corrected chi connectivity index (χ3v) is 5.16. The second-order valence-corrected chi connectivity index (χ2v) is 6.09. The molecule has 0 spiro atoms. The van der Waals surface area contributed by atoms with E-state index in [1.54, 1.807) is 0 Å². The normalized spacial score (nSPS) is 16.4. The number of nitrogens with zero attached hydrogens (tertiary/aromatic N) is 1. The number of carbonyl (C=O) groups is 2. The Morgan fingerprint density at radius 3 is 2.30 bits per heavy atom. The maximum atomic E-state index is 11.6.